The molecule has 3 rings (SSSR count). The molecule has 192 valence electrons. The number of phenols is 1. The molecule has 7 heteroatoms. The van der Waals surface area contributed by atoms with Crippen LogP contribution in [0.3, 0.4) is 0 Å². The van der Waals surface area contributed by atoms with E-state index in [1.54, 1.807) is 34.9 Å². The molecule has 0 fully saturated rings. The lowest BCUT2D eigenvalue weighted by Crippen LogP contribution is -2.30. The van der Waals surface area contributed by atoms with Crippen molar-refractivity contribution in [2.24, 2.45) is 0 Å². The van der Waals surface area contributed by atoms with Crippen LogP contribution in [-0.4, -0.2) is 51.9 Å². The first-order chi connectivity index (χ1) is 17.4. The van der Waals surface area contributed by atoms with Gasteiger partial charge in [-0.1, -0.05) is 31.0 Å². The Labute approximate surface area is 213 Å². The highest BCUT2D eigenvalue weighted by molar-refractivity contribution is 6.05. The summed E-state index contributed by atoms with van der Waals surface area (Å²) >= 11 is 0. The smallest absolute Gasteiger partial charge is 0.262 e. The third-order valence-corrected chi connectivity index (χ3v) is 6.64. The number of carbonyl (C=O) groups is 3. The third-order valence-electron chi connectivity index (χ3n) is 6.64. The molecule has 2 N–H and O–H groups in total. The number of nitrogens with one attached hydrogen (secondary N) is 1. The molecule has 0 saturated carbocycles. The van der Waals surface area contributed by atoms with Crippen LogP contribution in [-0.2, 0) is 16.0 Å². The van der Waals surface area contributed by atoms with Crippen LogP contribution in [0.1, 0.15) is 67.6 Å². The Morgan fingerprint density at radius 1 is 0.944 bits per heavy atom. The summed E-state index contributed by atoms with van der Waals surface area (Å²) in [6, 6.07) is 13.9. The SMILES string of the molecule is CCN(CC)C(=O)CCCCCCNC(=O)Cc1c(C)n(C(=O)c2ccccc2)c2ccc(O)cc12. The quantitative estimate of drug-likeness (QED) is 0.355. The van der Waals surface area contributed by atoms with E-state index in [1.807, 2.05) is 43.9 Å². The van der Waals surface area contributed by atoms with Crippen molar-refractivity contribution in [1.29, 1.82) is 0 Å². The van der Waals surface area contributed by atoms with Crippen LogP contribution < -0.4 is 5.32 Å². The van der Waals surface area contributed by atoms with Gasteiger partial charge in [0.15, 0.2) is 0 Å². The number of aromatic nitrogens is 1. The van der Waals surface area contributed by atoms with Gasteiger partial charge in [-0.25, -0.2) is 0 Å². The van der Waals surface area contributed by atoms with E-state index in [9.17, 15) is 19.5 Å². The van der Waals surface area contributed by atoms with Crippen LogP contribution in [0.15, 0.2) is 48.5 Å². The van der Waals surface area contributed by atoms with Gasteiger partial charge in [-0.2, -0.15) is 0 Å². The Bertz CT molecular complexity index is 1200. The summed E-state index contributed by atoms with van der Waals surface area (Å²) in [4.78, 5) is 39.9. The van der Waals surface area contributed by atoms with Gasteiger partial charge in [0, 0.05) is 42.7 Å². The number of carbonyl (C=O) groups excluding carboxylic acids is 3. The number of hydrogen-bond acceptors (Lipinski definition) is 4. The minimum absolute atomic E-state index is 0.0907. The van der Waals surface area contributed by atoms with E-state index in [0.29, 0.717) is 35.1 Å². The lowest BCUT2D eigenvalue weighted by Gasteiger charge is -2.18. The maximum atomic E-state index is 13.3. The van der Waals surface area contributed by atoms with Crippen LogP contribution in [0.4, 0.5) is 0 Å². The maximum Gasteiger partial charge on any atom is 0.262 e. The lowest BCUT2D eigenvalue weighted by atomic mass is 10.1. The Kier molecular flexibility index (Phi) is 9.68. The van der Waals surface area contributed by atoms with Crippen LogP contribution in [0.2, 0.25) is 0 Å². The average Bonchev–Trinajstić information content (AvgIpc) is 3.14. The van der Waals surface area contributed by atoms with Gasteiger partial charge in [-0.15, -0.1) is 0 Å². The number of fused-ring (bicyclic) bond motifs is 1. The zero-order chi connectivity index (χ0) is 26.1. The van der Waals surface area contributed by atoms with E-state index in [-0.39, 0.29) is 29.9 Å². The zero-order valence-electron chi connectivity index (χ0n) is 21.5. The van der Waals surface area contributed by atoms with Crippen molar-refractivity contribution >= 4 is 28.6 Å². The maximum absolute atomic E-state index is 13.3. The van der Waals surface area contributed by atoms with Gasteiger partial charge in [0.05, 0.1) is 11.9 Å². The molecule has 0 aliphatic carbocycles. The summed E-state index contributed by atoms with van der Waals surface area (Å²) in [5, 5.41) is 13.7. The van der Waals surface area contributed by atoms with Crippen LogP contribution in [0.25, 0.3) is 10.9 Å². The number of aromatic hydroxyl groups is 1. The van der Waals surface area contributed by atoms with Crippen molar-refractivity contribution in [3.63, 3.8) is 0 Å². The number of unbranched alkanes of at least 4 members (excludes halogenated alkanes) is 3. The molecule has 0 spiro atoms. The average molecular weight is 492 g/mol. The van der Waals surface area contributed by atoms with E-state index in [1.165, 1.54) is 0 Å². The Morgan fingerprint density at radius 2 is 1.64 bits per heavy atom. The molecular weight excluding hydrogens is 454 g/mol. The summed E-state index contributed by atoms with van der Waals surface area (Å²) in [6.45, 7) is 7.88. The van der Waals surface area contributed by atoms with Gasteiger partial charge in [0.25, 0.3) is 5.91 Å². The first kappa shape index (κ1) is 27.0. The molecule has 3 aromatic rings. The van der Waals surface area contributed by atoms with Gasteiger partial charge in [-0.05, 0) is 69.5 Å². The summed E-state index contributed by atoms with van der Waals surface area (Å²) in [6.07, 6.45) is 4.31. The molecule has 36 heavy (non-hydrogen) atoms. The predicted octanol–water partition coefficient (Wildman–Crippen LogP) is 4.82. The molecule has 0 saturated heterocycles. The second-order valence-corrected chi connectivity index (χ2v) is 9.03. The minimum Gasteiger partial charge on any atom is -0.508 e. The first-order valence-electron chi connectivity index (χ1n) is 12.8. The van der Waals surface area contributed by atoms with Crippen molar-refractivity contribution in [2.45, 2.75) is 59.3 Å². The largest absolute Gasteiger partial charge is 0.508 e. The van der Waals surface area contributed by atoms with E-state index < -0.39 is 0 Å². The molecular formula is C29H37N3O4. The third kappa shape index (κ3) is 6.53. The normalized spacial score (nSPS) is 11.0. The Morgan fingerprint density at radius 3 is 2.33 bits per heavy atom. The predicted molar refractivity (Wildman–Crippen MR) is 142 cm³/mol. The van der Waals surface area contributed by atoms with Crippen molar-refractivity contribution in [3.8, 4) is 5.75 Å². The van der Waals surface area contributed by atoms with E-state index in [2.05, 4.69) is 5.32 Å². The van der Waals surface area contributed by atoms with Crippen LogP contribution >= 0.6 is 0 Å². The summed E-state index contributed by atoms with van der Waals surface area (Å²) in [7, 11) is 0. The summed E-state index contributed by atoms with van der Waals surface area (Å²) < 4.78 is 1.62. The van der Waals surface area contributed by atoms with Gasteiger partial charge >= 0.3 is 0 Å². The van der Waals surface area contributed by atoms with Gasteiger partial charge in [-0.3, -0.25) is 19.0 Å². The number of rotatable bonds is 12. The van der Waals surface area contributed by atoms with Crippen LogP contribution in [0, 0.1) is 6.92 Å². The van der Waals surface area contributed by atoms with E-state index in [4.69, 9.17) is 0 Å². The van der Waals surface area contributed by atoms with E-state index in [0.717, 1.165) is 44.3 Å². The van der Waals surface area contributed by atoms with Crippen molar-refractivity contribution < 1.29 is 19.5 Å². The van der Waals surface area contributed by atoms with Crippen LogP contribution in [0.5, 0.6) is 5.75 Å². The highest BCUT2D eigenvalue weighted by Gasteiger charge is 2.21. The number of amides is 2. The second-order valence-electron chi connectivity index (χ2n) is 9.03. The molecule has 0 unspecified atom stereocenters. The highest BCUT2D eigenvalue weighted by atomic mass is 16.3. The van der Waals surface area contributed by atoms with Gasteiger partial charge in [0.2, 0.25) is 11.8 Å². The molecule has 2 amide bonds. The molecule has 0 radical (unpaired) electrons. The Balaban J connectivity index is 1.58. The highest BCUT2D eigenvalue weighted by Crippen LogP contribution is 2.30. The molecule has 0 aliphatic rings. The molecule has 0 aliphatic heterocycles. The minimum atomic E-state index is -0.171. The lowest BCUT2D eigenvalue weighted by molar-refractivity contribution is -0.131. The van der Waals surface area contributed by atoms with E-state index >= 15 is 0 Å². The monoisotopic (exact) mass is 491 g/mol. The standard InChI is InChI=1S/C29H37N3O4/c1-4-31(5-2)28(35)15-11-6-7-12-18-30-27(34)20-24-21(3)32(26-17-16-23(33)19-25(24)26)29(36)22-13-9-8-10-14-22/h8-10,13-14,16-17,19,33H,4-7,11-12,15,18,20H2,1-3H3,(H,30,34). The first-order valence-corrected chi connectivity index (χ1v) is 12.8. The number of phenolic OH excluding ortho intramolecular Hbond substituents is 1. The zero-order valence-corrected chi connectivity index (χ0v) is 21.5. The summed E-state index contributed by atoms with van der Waals surface area (Å²) in [5.41, 5.74) is 2.65. The topological polar surface area (TPSA) is 91.6 Å². The molecule has 2 aromatic carbocycles. The number of nitrogens with zero attached hydrogens (tertiary/aromatic N) is 2. The fourth-order valence-electron chi connectivity index (χ4n) is 4.61. The second kappa shape index (κ2) is 12.9. The molecule has 0 bridgehead atoms. The van der Waals surface area contributed by atoms with Gasteiger partial charge < -0.3 is 15.3 Å². The van der Waals surface area contributed by atoms with Gasteiger partial charge in [0.1, 0.15) is 5.75 Å². The number of benzene rings is 2. The summed E-state index contributed by atoms with van der Waals surface area (Å²) in [5.74, 6) is 0.00634. The Hall–Kier alpha value is -3.61. The molecule has 1 heterocycles. The molecule has 7 nitrogen and oxygen atoms in total. The molecule has 0 atom stereocenters. The fourth-order valence-corrected chi connectivity index (χ4v) is 4.61. The fraction of sp³-hybridized carbons (Fsp3) is 0.414. The molecule has 1 aromatic heterocycles. The van der Waals surface area contributed by atoms with Crippen molar-refractivity contribution in [1.82, 2.24) is 14.8 Å². The number of hydrogen-bond donors (Lipinski definition) is 2. The van der Waals surface area contributed by atoms with Crippen molar-refractivity contribution in [3.05, 3.63) is 65.4 Å². The van der Waals surface area contributed by atoms with Crippen molar-refractivity contribution in [2.75, 3.05) is 19.6 Å².